The van der Waals surface area contributed by atoms with E-state index in [0.717, 1.165) is 24.0 Å². The molecule has 0 bridgehead atoms. The quantitative estimate of drug-likeness (QED) is 0.760. The van der Waals surface area contributed by atoms with E-state index in [4.69, 9.17) is 0 Å². The van der Waals surface area contributed by atoms with Crippen molar-refractivity contribution in [3.05, 3.63) is 53.9 Å². The number of carbonyl (C=O) groups excluding carboxylic acids is 1. The molecule has 2 aliphatic rings. The minimum absolute atomic E-state index is 0.0201. The van der Waals surface area contributed by atoms with E-state index in [1.165, 1.54) is 0 Å². The number of amides is 2. The topological polar surface area (TPSA) is 49.3 Å². The maximum absolute atomic E-state index is 12.3. The van der Waals surface area contributed by atoms with Crippen LogP contribution in [-0.4, -0.2) is 40.0 Å². The lowest BCUT2D eigenvalue weighted by atomic mass is 10.2. The second kappa shape index (κ2) is 5.10. The van der Waals surface area contributed by atoms with Crippen LogP contribution in [0.5, 0.6) is 0 Å². The summed E-state index contributed by atoms with van der Waals surface area (Å²) in [6.45, 7) is 0.678. The molecule has 2 aromatic rings. The van der Waals surface area contributed by atoms with Gasteiger partial charge in [0.25, 0.3) is 0 Å². The Balaban J connectivity index is 1.53. The Kier molecular flexibility index (Phi) is 3.05. The van der Waals surface area contributed by atoms with E-state index < -0.39 is 0 Å². The standard InChI is InChI=1S/C18H16N4O/c1-21-17(23)22(13-18(21)9-10-18)16-19-11-15(12-20-16)8-7-14-5-3-2-4-6-14/h2-6,11-12H,9-10,13H2,1H3. The van der Waals surface area contributed by atoms with Crippen LogP contribution in [-0.2, 0) is 0 Å². The molecule has 2 heterocycles. The molecule has 2 fully saturated rings. The van der Waals surface area contributed by atoms with Crippen LogP contribution in [0.2, 0.25) is 0 Å². The van der Waals surface area contributed by atoms with Crippen molar-refractivity contribution in [2.75, 3.05) is 18.5 Å². The number of aromatic nitrogens is 2. The molecule has 0 N–H and O–H groups in total. The third kappa shape index (κ3) is 2.42. The zero-order chi connectivity index (χ0) is 15.9. The van der Waals surface area contributed by atoms with Crippen molar-refractivity contribution >= 4 is 12.0 Å². The van der Waals surface area contributed by atoms with Crippen molar-refractivity contribution in [3.8, 4) is 11.8 Å². The average molecular weight is 304 g/mol. The Labute approximate surface area is 135 Å². The van der Waals surface area contributed by atoms with Crippen molar-refractivity contribution < 1.29 is 4.79 Å². The van der Waals surface area contributed by atoms with E-state index in [1.807, 2.05) is 42.3 Å². The fraction of sp³-hybridized carbons (Fsp3) is 0.278. The molecule has 0 unspecified atom stereocenters. The number of hydrogen-bond donors (Lipinski definition) is 0. The lowest BCUT2D eigenvalue weighted by molar-refractivity contribution is 0.215. The highest BCUT2D eigenvalue weighted by Gasteiger charge is 2.56. The van der Waals surface area contributed by atoms with Crippen LogP contribution in [0.4, 0.5) is 10.7 Å². The molecule has 1 saturated carbocycles. The minimum Gasteiger partial charge on any atom is -0.320 e. The summed E-state index contributed by atoms with van der Waals surface area (Å²) in [7, 11) is 1.86. The van der Waals surface area contributed by atoms with Gasteiger partial charge in [0.2, 0.25) is 5.95 Å². The number of rotatable bonds is 1. The zero-order valence-corrected chi connectivity index (χ0v) is 12.9. The highest BCUT2D eigenvalue weighted by molar-refractivity contribution is 5.94. The van der Waals surface area contributed by atoms with Crippen LogP contribution >= 0.6 is 0 Å². The smallest absolute Gasteiger partial charge is 0.320 e. The highest BCUT2D eigenvalue weighted by atomic mass is 16.2. The largest absolute Gasteiger partial charge is 0.327 e. The first kappa shape index (κ1) is 13.8. The molecule has 1 aliphatic heterocycles. The zero-order valence-electron chi connectivity index (χ0n) is 12.9. The molecular weight excluding hydrogens is 288 g/mol. The van der Waals surface area contributed by atoms with Gasteiger partial charge in [-0.2, -0.15) is 0 Å². The molecule has 1 spiro atoms. The number of urea groups is 1. The van der Waals surface area contributed by atoms with Crippen LogP contribution in [0.25, 0.3) is 0 Å². The summed E-state index contributed by atoms with van der Waals surface area (Å²) < 4.78 is 0. The molecule has 0 atom stereocenters. The van der Waals surface area contributed by atoms with E-state index in [2.05, 4.69) is 21.8 Å². The van der Waals surface area contributed by atoms with Crippen molar-refractivity contribution in [1.29, 1.82) is 0 Å². The van der Waals surface area contributed by atoms with E-state index in [9.17, 15) is 4.79 Å². The molecule has 1 aromatic heterocycles. The predicted molar refractivity (Wildman–Crippen MR) is 86.9 cm³/mol. The van der Waals surface area contributed by atoms with Gasteiger partial charge >= 0.3 is 6.03 Å². The van der Waals surface area contributed by atoms with Gasteiger partial charge in [-0.05, 0) is 25.0 Å². The maximum atomic E-state index is 12.3. The summed E-state index contributed by atoms with van der Waals surface area (Å²) in [5, 5.41) is 0. The number of nitrogens with zero attached hydrogens (tertiary/aromatic N) is 4. The normalized spacial score (nSPS) is 18.0. The summed E-state index contributed by atoms with van der Waals surface area (Å²) in [6, 6.07) is 9.75. The first-order valence-corrected chi connectivity index (χ1v) is 7.62. The van der Waals surface area contributed by atoms with E-state index in [1.54, 1.807) is 17.3 Å². The van der Waals surface area contributed by atoms with Crippen LogP contribution in [0.15, 0.2) is 42.7 Å². The van der Waals surface area contributed by atoms with Gasteiger partial charge in [-0.3, -0.25) is 4.90 Å². The Bertz CT molecular complexity index is 800. The molecular formula is C18H16N4O. The van der Waals surface area contributed by atoms with E-state index in [-0.39, 0.29) is 11.6 Å². The molecule has 1 saturated heterocycles. The number of likely N-dealkylation sites (N-methyl/N-ethyl adjacent to an activating group) is 1. The van der Waals surface area contributed by atoms with Crippen LogP contribution in [0.1, 0.15) is 24.0 Å². The first-order chi connectivity index (χ1) is 11.2. The summed E-state index contributed by atoms with van der Waals surface area (Å²) in [5.74, 6) is 6.56. The second-order valence-electron chi connectivity index (χ2n) is 6.04. The van der Waals surface area contributed by atoms with Crippen LogP contribution in [0.3, 0.4) is 0 Å². The molecule has 2 amide bonds. The molecule has 0 radical (unpaired) electrons. The minimum atomic E-state index is -0.0226. The maximum Gasteiger partial charge on any atom is 0.327 e. The van der Waals surface area contributed by atoms with Gasteiger partial charge in [-0.25, -0.2) is 14.8 Å². The Morgan fingerprint density at radius 3 is 2.30 bits per heavy atom. The Morgan fingerprint density at radius 2 is 1.70 bits per heavy atom. The van der Waals surface area contributed by atoms with Gasteiger partial charge in [0.1, 0.15) is 0 Å². The Hall–Kier alpha value is -2.87. The number of benzene rings is 1. The lowest BCUT2D eigenvalue weighted by Crippen LogP contribution is -2.32. The number of anilines is 1. The molecule has 114 valence electrons. The summed E-state index contributed by atoms with van der Waals surface area (Å²) in [5.41, 5.74) is 1.70. The van der Waals surface area contributed by atoms with Gasteiger partial charge in [-0.15, -0.1) is 0 Å². The van der Waals surface area contributed by atoms with Crippen molar-refractivity contribution in [1.82, 2.24) is 14.9 Å². The average Bonchev–Trinajstić information content (AvgIpc) is 3.34. The van der Waals surface area contributed by atoms with Gasteiger partial charge in [0.05, 0.1) is 17.6 Å². The van der Waals surface area contributed by atoms with Gasteiger partial charge in [-0.1, -0.05) is 30.0 Å². The molecule has 4 rings (SSSR count). The molecule has 23 heavy (non-hydrogen) atoms. The molecule has 1 aliphatic carbocycles. The van der Waals surface area contributed by atoms with Gasteiger partial charge in [0, 0.05) is 25.0 Å². The molecule has 5 nitrogen and oxygen atoms in total. The molecule has 1 aromatic carbocycles. The number of hydrogen-bond acceptors (Lipinski definition) is 3. The van der Waals surface area contributed by atoms with Crippen molar-refractivity contribution in [3.63, 3.8) is 0 Å². The van der Waals surface area contributed by atoms with Crippen molar-refractivity contribution in [2.24, 2.45) is 0 Å². The van der Waals surface area contributed by atoms with E-state index in [0.29, 0.717) is 12.5 Å². The fourth-order valence-corrected chi connectivity index (χ4v) is 2.84. The van der Waals surface area contributed by atoms with Gasteiger partial charge in [0.15, 0.2) is 0 Å². The van der Waals surface area contributed by atoms with Gasteiger partial charge < -0.3 is 4.90 Å². The number of carbonyl (C=O) groups is 1. The second-order valence-corrected chi connectivity index (χ2v) is 6.04. The third-order valence-electron chi connectivity index (χ3n) is 4.51. The third-order valence-corrected chi connectivity index (χ3v) is 4.51. The lowest BCUT2D eigenvalue weighted by Gasteiger charge is -2.15. The SMILES string of the molecule is CN1C(=O)N(c2ncc(C#Cc3ccccc3)cn2)CC12CC2. The van der Waals surface area contributed by atoms with Crippen molar-refractivity contribution in [2.45, 2.75) is 18.4 Å². The summed E-state index contributed by atoms with van der Waals surface area (Å²) in [4.78, 5) is 24.4. The summed E-state index contributed by atoms with van der Waals surface area (Å²) in [6.07, 6.45) is 5.46. The predicted octanol–water partition coefficient (Wildman–Crippen LogP) is 2.28. The van der Waals surface area contributed by atoms with Crippen LogP contribution in [0, 0.1) is 11.8 Å². The molecule has 5 heteroatoms. The Morgan fingerprint density at radius 1 is 1.04 bits per heavy atom. The van der Waals surface area contributed by atoms with E-state index >= 15 is 0 Å². The highest BCUT2D eigenvalue weighted by Crippen LogP contribution is 2.46. The monoisotopic (exact) mass is 304 g/mol. The summed E-state index contributed by atoms with van der Waals surface area (Å²) >= 11 is 0. The first-order valence-electron chi connectivity index (χ1n) is 7.62. The van der Waals surface area contributed by atoms with Crippen LogP contribution < -0.4 is 4.90 Å². The fourth-order valence-electron chi connectivity index (χ4n) is 2.84.